The number of benzene rings is 2. The van der Waals surface area contributed by atoms with Crippen molar-refractivity contribution in [3.63, 3.8) is 0 Å². The third kappa shape index (κ3) is 3.26. The van der Waals surface area contributed by atoms with Crippen LogP contribution < -0.4 is 16.6 Å². The van der Waals surface area contributed by atoms with Gasteiger partial charge in [0.05, 0.1) is 0 Å². The Morgan fingerprint density at radius 2 is 1.80 bits per heavy atom. The van der Waals surface area contributed by atoms with E-state index in [1.54, 1.807) is 17.6 Å². The van der Waals surface area contributed by atoms with Gasteiger partial charge in [-0.25, -0.2) is 5.84 Å². The van der Waals surface area contributed by atoms with E-state index in [1.807, 2.05) is 31.2 Å². The fraction of sp³-hybridized carbons (Fsp3) is 0.125. The highest BCUT2D eigenvalue weighted by molar-refractivity contribution is 6.34. The normalized spacial score (nSPS) is 10.6. The molecule has 2 amide bonds. The summed E-state index contributed by atoms with van der Waals surface area (Å²) in [6.07, 6.45) is 0. The minimum atomic E-state index is -0.965. The number of phenols is 1. The number of fused-ring (bicyclic) bond motifs is 1. The maximum atomic E-state index is 11.5. The van der Waals surface area contributed by atoms with Crippen LogP contribution >= 0.6 is 0 Å². The third-order valence-corrected chi connectivity index (χ3v) is 3.59. The number of aryl methyl sites for hydroxylation is 1. The lowest BCUT2D eigenvalue weighted by molar-refractivity contribution is -0.139. The Labute approximate surface area is 142 Å². The number of amides is 2. The zero-order chi connectivity index (χ0) is 18.0. The topological polar surface area (TPSA) is 135 Å². The number of carbonyl (C=O) groups is 2. The van der Waals surface area contributed by atoms with Gasteiger partial charge in [-0.2, -0.15) is 0 Å². The number of hydrogen-bond donors (Lipinski definition) is 4. The lowest BCUT2D eigenvalue weighted by Crippen LogP contribution is -2.42. The van der Waals surface area contributed by atoms with Crippen LogP contribution in [-0.2, 0) is 16.1 Å². The third-order valence-electron chi connectivity index (χ3n) is 3.59. The molecule has 1 heterocycles. The number of nitrogens with zero attached hydrogens (tertiary/aromatic N) is 3. The van der Waals surface area contributed by atoms with Crippen LogP contribution in [0.5, 0.6) is 5.75 Å². The zero-order valence-electron chi connectivity index (χ0n) is 13.4. The van der Waals surface area contributed by atoms with Crippen LogP contribution in [0, 0.1) is 6.92 Å². The summed E-state index contributed by atoms with van der Waals surface area (Å²) in [5, 5.41) is 21.6. The number of aromatic hydroxyl groups is 1. The van der Waals surface area contributed by atoms with E-state index in [0.29, 0.717) is 22.3 Å². The number of hydrazine groups is 1. The summed E-state index contributed by atoms with van der Waals surface area (Å²) in [6, 6.07) is 10.8. The molecule has 0 bridgehead atoms. The Kier molecular flexibility index (Phi) is 4.31. The summed E-state index contributed by atoms with van der Waals surface area (Å²) < 4.78 is 0. The van der Waals surface area contributed by atoms with Gasteiger partial charge < -0.3 is 10.4 Å². The van der Waals surface area contributed by atoms with Crippen molar-refractivity contribution in [2.24, 2.45) is 5.84 Å². The minimum Gasteiger partial charge on any atom is -0.505 e. The molecule has 25 heavy (non-hydrogen) atoms. The molecule has 0 spiro atoms. The molecule has 0 aliphatic rings. The molecule has 5 N–H and O–H groups in total. The van der Waals surface area contributed by atoms with Gasteiger partial charge >= 0.3 is 11.8 Å². The highest BCUT2D eigenvalue weighted by Gasteiger charge is 2.16. The van der Waals surface area contributed by atoms with Crippen LogP contribution in [0.3, 0.4) is 0 Å². The van der Waals surface area contributed by atoms with E-state index in [9.17, 15) is 14.7 Å². The molecule has 128 valence electrons. The highest BCUT2D eigenvalue weighted by atomic mass is 16.3. The van der Waals surface area contributed by atoms with E-state index in [4.69, 9.17) is 5.84 Å². The van der Waals surface area contributed by atoms with Gasteiger partial charge in [-0.05, 0) is 30.7 Å². The zero-order valence-corrected chi connectivity index (χ0v) is 13.4. The van der Waals surface area contributed by atoms with Crippen molar-refractivity contribution < 1.29 is 14.7 Å². The molecule has 3 aromatic rings. The van der Waals surface area contributed by atoms with E-state index in [2.05, 4.69) is 15.5 Å². The molecule has 0 aliphatic carbocycles. The number of nitrogens with one attached hydrogen (secondary N) is 2. The Balaban J connectivity index is 1.94. The van der Waals surface area contributed by atoms with E-state index < -0.39 is 11.8 Å². The summed E-state index contributed by atoms with van der Waals surface area (Å²) in [4.78, 5) is 24.0. The number of nitrogens with two attached hydrogens (primary N) is 1. The molecule has 3 rings (SSSR count). The first-order valence-corrected chi connectivity index (χ1v) is 7.43. The largest absolute Gasteiger partial charge is 0.505 e. The summed E-state index contributed by atoms with van der Waals surface area (Å²) in [5.41, 5.74) is 4.77. The average Bonchev–Trinajstić information content (AvgIpc) is 3.04. The van der Waals surface area contributed by atoms with Crippen LogP contribution in [0.15, 0.2) is 36.4 Å². The summed E-state index contributed by atoms with van der Waals surface area (Å²) in [6.45, 7) is 1.79. The van der Waals surface area contributed by atoms with Gasteiger partial charge in [-0.3, -0.25) is 15.0 Å². The fourth-order valence-corrected chi connectivity index (χ4v) is 2.41. The van der Waals surface area contributed by atoms with Crippen LogP contribution in [-0.4, -0.2) is 31.9 Å². The van der Waals surface area contributed by atoms with Gasteiger partial charge in [0.1, 0.15) is 22.5 Å². The number of phenolic OH excluding ortho intramolecular Hbond substituents is 1. The van der Waals surface area contributed by atoms with Crippen molar-refractivity contribution in [1.29, 1.82) is 0 Å². The molecular formula is C16H16N6O3. The number of hydrogen-bond acceptors (Lipinski definition) is 6. The van der Waals surface area contributed by atoms with Crippen LogP contribution in [0.2, 0.25) is 0 Å². The molecular weight excluding hydrogens is 324 g/mol. The van der Waals surface area contributed by atoms with E-state index in [-0.39, 0.29) is 12.3 Å². The molecule has 2 aromatic carbocycles. The molecule has 9 heteroatoms. The fourth-order valence-electron chi connectivity index (χ4n) is 2.41. The van der Waals surface area contributed by atoms with Crippen LogP contribution in [0.1, 0.15) is 11.1 Å². The van der Waals surface area contributed by atoms with Crippen LogP contribution in [0.4, 0.5) is 0 Å². The first-order valence-electron chi connectivity index (χ1n) is 7.43. The van der Waals surface area contributed by atoms with Crippen molar-refractivity contribution in [2.45, 2.75) is 13.5 Å². The molecule has 0 unspecified atom stereocenters. The van der Waals surface area contributed by atoms with E-state index >= 15 is 0 Å². The Morgan fingerprint density at radius 3 is 2.40 bits per heavy atom. The monoisotopic (exact) mass is 340 g/mol. The number of aromatic nitrogens is 3. The van der Waals surface area contributed by atoms with Crippen molar-refractivity contribution in [3.05, 3.63) is 47.5 Å². The molecule has 0 aliphatic heterocycles. The second kappa shape index (κ2) is 6.57. The summed E-state index contributed by atoms with van der Waals surface area (Å²) in [5.74, 6) is 2.96. The number of rotatable bonds is 3. The SMILES string of the molecule is Cc1cc(CNC(=O)C(=O)NN)c(O)c(-n2nc3ccccc3n2)c1. The lowest BCUT2D eigenvalue weighted by Gasteiger charge is -2.11. The predicted octanol–water partition coefficient (Wildman–Crippen LogP) is 0.0406. The highest BCUT2D eigenvalue weighted by Crippen LogP contribution is 2.27. The quantitative estimate of drug-likeness (QED) is 0.230. The van der Waals surface area contributed by atoms with Crippen molar-refractivity contribution in [1.82, 2.24) is 25.7 Å². The standard InChI is InChI=1S/C16H16N6O3/c1-9-6-10(8-18-15(24)16(25)19-17)14(23)13(7-9)22-20-11-4-2-3-5-12(11)21-22/h2-7,23H,8,17H2,1H3,(H,18,24)(H,19,25). The Bertz CT molecular complexity index is 933. The molecule has 0 fully saturated rings. The molecule has 1 aromatic heterocycles. The maximum absolute atomic E-state index is 11.5. The van der Waals surface area contributed by atoms with Gasteiger partial charge in [0.15, 0.2) is 0 Å². The van der Waals surface area contributed by atoms with E-state index in [1.165, 1.54) is 4.80 Å². The summed E-state index contributed by atoms with van der Waals surface area (Å²) in [7, 11) is 0. The van der Waals surface area contributed by atoms with Gasteiger partial charge in [-0.15, -0.1) is 15.0 Å². The second-order valence-corrected chi connectivity index (χ2v) is 5.43. The first kappa shape index (κ1) is 16.4. The molecule has 9 nitrogen and oxygen atoms in total. The maximum Gasteiger partial charge on any atom is 0.323 e. The molecule has 0 radical (unpaired) electrons. The van der Waals surface area contributed by atoms with Gasteiger partial charge in [0, 0.05) is 12.1 Å². The smallest absolute Gasteiger partial charge is 0.323 e. The molecule has 0 saturated carbocycles. The Morgan fingerprint density at radius 1 is 1.16 bits per heavy atom. The molecule has 0 saturated heterocycles. The van der Waals surface area contributed by atoms with Gasteiger partial charge in [0.2, 0.25) is 0 Å². The molecule has 0 atom stereocenters. The van der Waals surface area contributed by atoms with E-state index in [0.717, 1.165) is 5.56 Å². The Hall–Kier alpha value is -3.46. The second-order valence-electron chi connectivity index (χ2n) is 5.43. The predicted molar refractivity (Wildman–Crippen MR) is 89.4 cm³/mol. The van der Waals surface area contributed by atoms with Crippen LogP contribution in [0.25, 0.3) is 16.7 Å². The average molecular weight is 340 g/mol. The number of carbonyl (C=O) groups excluding carboxylic acids is 2. The first-order chi connectivity index (χ1) is 12.0. The lowest BCUT2D eigenvalue weighted by atomic mass is 10.1. The van der Waals surface area contributed by atoms with Gasteiger partial charge in [0.25, 0.3) is 0 Å². The van der Waals surface area contributed by atoms with Gasteiger partial charge in [-0.1, -0.05) is 18.2 Å². The van der Waals surface area contributed by atoms with Crippen molar-refractivity contribution in [2.75, 3.05) is 0 Å². The summed E-state index contributed by atoms with van der Waals surface area (Å²) >= 11 is 0. The van der Waals surface area contributed by atoms with Crippen molar-refractivity contribution in [3.8, 4) is 11.4 Å². The minimum absolute atomic E-state index is 0.0481. The van der Waals surface area contributed by atoms with Crippen molar-refractivity contribution >= 4 is 22.8 Å².